The van der Waals surface area contributed by atoms with Crippen molar-refractivity contribution in [3.63, 3.8) is 0 Å². The summed E-state index contributed by atoms with van der Waals surface area (Å²) in [5, 5.41) is 2.80. The summed E-state index contributed by atoms with van der Waals surface area (Å²) in [6.45, 7) is 3.15. The zero-order valence-electron chi connectivity index (χ0n) is 22.3. The second-order valence-electron chi connectivity index (χ2n) is 8.96. The van der Waals surface area contributed by atoms with Gasteiger partial charge in [0.25, 0.3) is 10.0 Å². The van der Waals surface area contributed by atoms with Gasteiger partial charge in [-0.3, -0.25) is 13.9 Å². The third-order valence-corrected chi connectivity index (χ3v) is 8.05. The predicted octanol–water partition coefficient (Wildman–Crippen LogP) is 4.36. The number of nitrogens with zero attached hydrogens (tertiary/aromatic N) is 2. The minimum Gasteiger partial charge on any atom is -0.497 e. The van der Waals surface area contributed by atoms with Gasteiger partial charge in [0, 0.05) is 18.7 Å². The summed E-state index contributed by atoms with van der Waals surface area (Å²) in [5.74, 6) is -1.08. The third-order valence-electron chi connectivity index (χ3n) is 6.27. The Morgan fingerprint density at radius 2 is 1.62 bits per heavy atom. The van der Waals surface area contributed by atoms with Crippen LogP contribution >= 0.6 is 0 Å². The van der Waals surface area contributed by atoms with Crippen molar-refractivity contribution in [2.24, 2.45) is 0 Å². The molecule has 1 atom stereocenters. The first-order valence-corrected chi connectivity index (χ1v) is 14.2. The van der Waals surface area contributed by atoms with E-state index in [1.165, 1.54) is 54.5 Å². The van der Waals surface area contributed by atoms with Gasteiger partial charge in [0.05, 0.1) is 17.7 Å². The van der Waals surface area contributed by atoms with E-state index in [-0.39, 0.29) is 22.7 Å². The van der Waals surface area contributed by atoms with Crippen LogP contribution in [0.4, 0.5) is 10.1 Å². The summed E-state index contributed by atoms with van der Waals surface area (Å²) >= 11 is 0. The number of halogens is 1. The van der Waals surface area contributed by atoms with E-state index in [0.717, 1.165) is 17.1 Å². The van der Waals surface area contributed by atoms with Crippen molar-refractivity contribution >= 4 is 27.5 Å². The molecule has 0 radical (unpaired) electrons. The number of amides is 2. The SMILES string of the molecule is CCCCNC(=O)[C@@H](C)N(Cc1ccccc1F)C(=O)CN(c1ccc(OC)cc1)S(=O)(=O)c1ccccc1. The highest BCUT2D eigenvalue weighted by atomic mass is 32.2. The van der Waals surface area contributed by atoms with Crippen LogP contribution in [0.1, 0.15) is 32.3 Å². The van der Waals surface area contributed by atoms with Gasteiger partial charge in [-0.15, -0.1) is 0 Å². The molecular weight excluding hydrogens is 521 g/mol. The highest BCUT2D eigenvalue weighted by Crippen LogP contribution is 2.26. The van der Waals surface area contributed by atoms with Gasteiger partial charge in [0.1, 0.15) is 24.2 Å². The highest BCUT2D eigenvalue weighted by molar-refractivity contribution is 7.92. The van der Waals surface area contributed by atoms with Crippen molar-refractivity contribution in [1.82, 2.24) is 10.2 Å². The van der Waals surface area contributed by atoms with Gasteiger partial charge in [-0.2, -0.15) is 0 Å². The van der Waals surface area contributed by atoms with Crippen molar-refractivity contribution in [3.8, 4) is 5.75 Å². The van der Waals surface area contributed by atoms with E-state index in [1.54, 1.807) is 43.3 Å². The number of methoxy groups -OCH3 is 1. The topological polar surface area (TPSA) is 96.0 Å². The number of anilines is 1. The normalized spacial score (nSPS) is 11.9. The lowest BCUT2D eigenvalue weighted by molar-refractivity contribution is -0.139. The second-order valence-corrected chi connectivity index (χ2v) is 10.8. The Bertz CT molecular complexity index is 1350. The number of ether oxygens (including phenoxy) is 1. The number of sulfonamides is 1. The molecule has 0 heterocycles. The minimum atomic E-state index is -4.18. The molecule has 8 nitrogen and oxygen atoms in total. The number of hydrogen-bond donors (Lipinski definition) is 1. The molecule has 0 fully saturated rings. The summed E-state index contributed by atoms with van der Waals surface area (Å²) in [4.78, 5) is 28.0. The number of carbonyl (C=O) groups excluding carboxylic acids is 2. The van der Waals surface area contributed by atoms with Crippen LogP contribution in [0.25, 0.3) is 0 Å². The molecule has 0 spiro atoms. The van der Waals surface area contributed by atoms with Crippen LogP contribution in [0, 0.1) is 5.82 Å². The van der Waals surface area contributed by atoms with Crippen molar-refractivity contribution in [2.45, 2.75) is 44.2 Å². The summed E-state index contributed by atoms with van der Waals surface area (Å²) < 4.78 is 48.2. The van der Waals surface area contributed by atoms with Gasteiger partial charge in [-0.05, 0) is 55.8 Å². The average molecular weight is 556 g/mol. The Kier molecular flexibility index (Phi) is 10.4. The molecule has 0 aliphatic heterocycles. The van der Waals surface area contributed by atoms with Crippen LogP contribution in [0.15, 0.2) is 83.8 Å². The molecule has 3 aromatic rings. The molecule has 3 aromatic carbocycles. The Balaban J connectivity index is 2.00. The molecule has 0 unspecified atom stereocenters. The molecule has 0 aliphatic carbocycles. The Labute approximate surface area is 229 Å². The Hall–Kier alpha value is -3.92. The molecule has 0 saturated heterocycles. The fourth-order valence-corrected chi connectivity index (χ4v) is 5.36. The minimum absolute atomic E-state index is 0.000344. The maximum absolute atomic E-state index is 14.6. The van der Waals surface area contributed by atoms with E-state index >= 15 is 0 Å². The molecule has 208 valence electrons. The van der Waals surface area contributed by atoms with Crippen molar-refractivity contribution in [1.29, 1.82) is 0 Å². The van der Waals surface area contributed by atoms with E-state index < -0.39 is 40.2 Å². The zero-order chi connectivity index (χ0) is 28.4. The van der Waals surface area contributed by atoms with Gasteiger partial charge in [-0.1, -0.05) is 49.7 Å². The van der Waals surface area contributed by atoms with Crippen LogP contribution in [0.3, 0.4) is 0 Å². The Morgan fingerprint density at radius 1 is 0.974 bits per heavy atom. The van der Waals surface area contributed by atoms with Crippen LogP contribution in [-0.4, -0.2) is 51.4 Å². The summed E-state index contributed by atoms with van der Waals surface area (Å²) in [7, 11) is -2.69. The first-order chi connectivity index (χ1) is 18.7. The maximum Gasteiger partial charge on any atom is 0.264 e. The average Bonchev–Trinajstić information content (AvgIpc) is 2.95. The lowest BCUT2D eigenvalue weighted by Crippen LogP contribution is -2.51. The molecular formula is C29H34FN3O5S. The van der Waals surface area contributed by atoms with Gasteiger partial charge in [0.15, 0.2) is 0 Å². The van der Waals surface area contributed by atoms with Gasteiger partial charge in [-0.25, -0.2) is 12.8 Å². The molecule has 0 bridgehead atoms. The molecule has 0 saturated carbocycles. The first kappa shape index (κ1) is 29.6. The molecule has 0 aliphatic rings. The fourth-order valence-electron chi connectivity index (χ4n) is 3.93. The number of hydrogen-bond acceptors (Lipinski definition) is 5. The van der Waals surface area contributed by atoms with Crippen LogP contribution in [0.2, 0.25) is 0 Å². The second kappa shape index (κ2) is 13.7. The zero-order valence-corrected chi connectivity index (χ0v) is 23.2. The monoisotopic (exact) mass is 555 g/mol. The number of nitrogens with one attached hydrogen (secondary N) is 1. The quantitative estimate of drug-likeness (QED) is 0.316. The molecule has 1 N–H and O–H groups in total. The number of benzene rings is 3. The summed E-state index contributed by atoms with van der Waals surface area (Å²) in [6, 6.07) is 19.0. The van der Waals surface area contributed by atoms with Gasteiger partial charge in [0.2, 0.25) is 11.8 Å². The fraction of sp³-hybridized carbons (Fsp3) is 0.310. The lowest BCUT2D eigenvalue weighted by atomic mass is 10.1. The van der Waals surface area contributed by atoms with E-state index in [9.17, 15) is 22.4 Å². The van der Waals surface area contributed by atoms with Crippen LogP contribution in [0.5, 0.6) is 5.75 Å². The molecule has 10 heteroatoms. The van der Waals surface area contributed by atoms with Crippen LogP contribution < -0.4 is 14.4 Å². The summed E-state index contributed by atoms with van der Waals surface area (Å²) in [6.07, 6.45) is 1.64. The molecule has 0 aromatic heterocycles. The molecule has 2 amide bonds. The summed E-state index contributed by atoms with van der Waals surface area (Å²) in [5.41, 5.74) is 0.444. The van der Waals surface area contributed by atoms with E-state index in [0.29, 0.717) is 12.3 Å². The van der Waals surface area contributed by atoms with Crippen LogP contribution in [-0.2, 0) is 26.2 Å². The van der Waals surface area contributed by atoms with E-state index in [1.807, 2.05) is 6.92 Å². The predicted molar refractivity (Wildman–Crippen MR) is 148 cm³/mol. The van der Waals surface area contributed by atoms with Crippen molar-refractivity contribution < 1.29 is 27.1 Å². The maximum atomic E-state index is 14.6. The van der Waals surface area contributed by atoms with Gasteiger partial charge < -0.3 is 15.0 Å². The standard InChI is InChI=1S/C29H34FN3O5S/c1-4-5-19-31-29(35)22(2)32(20-23-11-9-10-14-27(23)30)28(34)21-33(24-15-17-25(38-3)18-16-24)39(36,37)26-12-7-6-8-13-26/h6-18,22H,4-5,19-21H2,1-3H3,(H,31,35)/t22-/m1/s1. The third kappa shape index (κ3) is 7.57. The largest absolute Gasteiger partial charge is 0.497 e. The van der Waals surface area contributed by atoms with E-state index in [2.05, 4.69) is 5.32 Å². The van der Waals surface area contributed by atoms with Gasteiger partial charge >= 0.3 is 0 Å². The van der Waals surface area contributed by atoms with E-state index in [4.69, 9.17) is 4.74 Å². The highest BCUT2D eigenvalue weighted by Gasteiger charge is 2.32. The smallest absolute Gasteiger partial charge is 0.264 e. The lowest BCUT2D eigenvalue weighted by Gasteiger charge is -2.32. The number of carbonyl (C=O) groups is 2. The molecule has 39 heavy (non-hydrogen) atoms. The van der Waals surface area contributed by atoms with Crippen molar-refractivity contribution in [3.05, 3.63) is 90.2 Å². The first-order valence-electron chi connectivity index (χ1n) is 12.7. The molecule has 3 rings (SSSR count). The number of unbranched alkanes of at least 4 members (excludes halogenated alkanes) is 1. The van der Waals surface area contributed by atoms with Crippen molar-refractivity contribution in [2.75, 3.05) is 24.5 Å². The number of rotatable bonds is 13. The Morgan fingerprint density at radius 3 is 2.23 bits per heavy atom.